The second kappa shape index (κ2) is 11.3. The van der Waals surface area contributed by atoms with Crippen molar-refractivity contribution in [1.29, 1.82) is 0 Å². The van der Waals surface area contributed by atoms with Crippen molar-refractivity contribution in [3.63, 3.8) is 0 Å². The maximum absolute atomic E-state index is 14.9. The van der Waals surface area contributed by atoms with Gasteiger partial charge in [-0.1, -0.05) is 12.6 Å². The topological polar surface area (TPSA) is 109 Å². The van der Waals surface area contributed by atoms with Crippen molar-refractivity contribution in [2.45, 2.75) is 32.4 Å². The fourth-order valence-electron chi connectivity index (χ4n) is 4.57. The fourth-order valence-corrected chi connectivity index (χ4v) is 4.57. The molecule has 1 aliphatic rings. The van der Waals surface area contributed by atoms with Gasteiger partial charge in [0, 0.05) is 29.9 Å². The Morgan fingerprint density at radius 3 is 2.82 bits per heavy atom. The molecule has 1 fully saturated rings. The van der Waals surface area contributed by atoms with Crippen LogP contribution < -0.4 is 15.4 Å². The van der Waals surface area contributed by atoms with E-state index < -0.39 is 17.8 Å². The number of nitrogens with zero attached hydrogens (tertiary/aromatic N) is 4. The first-order valence-electron chi connectivity index (χ1n) is 12.5. The minimum absolute atomic E-state index is 0.0160. The van der Waals surface area contributed by atoms with E-state index in [-0.39, 0.29) is 11.6 Å². The molecule has 1 saturated heterocycles. The van der Waals surface area contributed by atoms with Gasteiger partial charge in [-0.3, -0.25) is 14.6 Å². The van der Waals surface area contributed by atoms with Crippen molar-refractivity contribution in [2.24, 2.45) is 0 Å². The third-order valence-corrected chi connectivity index (χ3v) is 6.53. The molecule has 9 nitrogen and oxygen atoms in total. The lowest BCUT2D eigenvalue weighted by molar-refractivity contribution is -0.132. The Morgan fingerprint density at radius 1 is 1.18 bits per heavy atom. The van der Waals surface area contributed by atoms with Crippen LogP contribution in [0.5, 0.6) is 5.75 Å². The lowest BCUT2D eigenvalue weighted by Gasteiger charge is -2.22. The maximum Gasteiger partial charge on any atom is 0.247 e. The van der Waals surface area contributed by atoms with Crippen LogP contribution in [0.2, 0.25) is 0 Å². The minimum atomic E-state index is -0.684. The molecule has 0 saturated carbocycles. The van der Waals surface area contributed by atoms with Crippen LogP contribution >= 0.6 is 0 Å². The zero-order valence-electron chi connectivity index (χ0n) is 21.4. The van der Waals surface area contributed by atoms with Gasteiger partial charge in [-0.2, -0.15) is 0 Å². The van der Waals surface area contributed by atoms with Crippen LogP contribution in [0.4, 0.5) is 21.6 Å². The molecule has 0 radical (unpaired) electrons. The predicted octanol–water partition coefficient (Wildman–Crippen LogP) is 4.91. The minimum Gasteiger partial charge on any atom is -0.487 e. The van der Waals surface area contributed by atoms with Crippen LogP contribution in [-0.2, 0) is 16.2 Å². The highest BCUT2D eigenvalue weighted by molar-refractivity contribution is 6.01. The number of carbonyl (C=O) groups is 2. The number of nitrogens with one attached hydrogen (secondary N) is 2. The number of amides is 2. The van der Waals surface area contributed by atoms with Gasteiger partial charge >= 0.3 is 0 Å². The van der Waals surface area contributed by atoms with E-state index in [4.69, 9.17) is 4.74 Å². The summed E-state index contributed by atoms with van der Waals surface area (Å²) in [4.78, 5) is 39.3. The summed E-state index contributed by atoms with van der Waals surface area (Å²) < 4.78 is 20.8. The molecule has 2 N–H and O–H groups in total. The first-order chi connectivity index (χ1) is 18.9. The van der Waals surface area contributed by atoms with E-state index in [1.54, 1.807) is 6.20 Å². The monoisotopic (exact) mass is 526 g/mol. The summed E-state index contributed by atoms with van der Waals surface area (Å²) in [6.45, 7) is 6.24. The highest BCUT2D eigenvalue weighted by atomic mass is 19.1. The van der Waals surface area contributed by atoms with Crippen molar-refractivity contribution in [3.05, 3.63) is 90.8 Å². The summed E-state index contributed by atoms with van der Waals surface area (Å²) in [6, 6.07) is 13.3. The van der Waals surface area contributed by atoms with E-state index in [1.807, 2.05) is 43.3 Å². The summed E-state index contributed by atoms with van der Waals surface area (Å²) in [5.74, 6) is -0.243. The summed E-state index contributed by atoms with van der Waals surface area (Å²) in [6.07, 6.45) is 5.43. The number of halogens is 1. The van der Waals surface area contributed by atoms with Gasteiger partial charge < -0.3 is 20.3 Å². The molecule has 0 bridgehead atoms. The Morgan fingerprint density at radius 2 is 2.05 bits per heavy atom. The van der Waals surface area contributed by atoms with E-state index in [9.17, 15) is 14.0 Å². The Bertz CT molecular complexity index is 1550. The number of fused-ring (bicyclic) bond motifs is 1. The van der Waals surface area contributed by atoms with E-state index in [0.717, 1.165) is 22.7 Å². The van der Waals surface area contributed by atoms with Gasteiger partial charge in [-0.25, -0.2) is 14.4 Å². The number of benzene rings is 2. The lowest BCUT2D eigenvalue weighted by Crippen LogP contribution is -2.42. The number of rotatable bonds is 8. The molecule has 2 aromatic heterocycles. The zero-order valence-corrected chi connectivity index (χ0v) is 21.4. The van der Waals surface area contributed by atoms with Crippen molar-refractivity contribution in [2.75, 3.05) is 17.2 Å². The van der Waals surface area contributed by atoms with Crippen molar-refractivity contribution < 1.29 is 18.7 Å². The summed E-state index contributed by atoms with van der Waals surface area (Å²) in [5.41, 5.74) is 2.84. The SMILES string of the molecule is C=CC(=O)N1CCC[C@H]1C(=O)Nc1cc2c(Nc3ccc(OCc4ccccn4)c(C)c3)ncnc2cc1F. The van der Waals surface area contributed by atoms with Crippen LogP contribution in [0, 0.1) is 12.7 Å². The van der Waals surface area contributed by atoms with Crippen molar-refractivity contribution in [1.82, 2.24) is 19.9 Å². The fraction of sp³-hybridized carbons (Fsp3) is 0.207. The largest absolute Gasteiger partial charge is 0.487 e. The Labute approximate surface area is 224 Å². The molecular formula is C29H27FN6O3. The summed E-state index contributed by atoms with van der Waals surface area (Å²) in [7, 11) is 0. The molecule has 2 amide bonds. The average Bonchev–Trinajstić information content (AvgIpc) is 3.44. The smallest absolute Gasteiger partial charge is 0.247 e. The number of likely N-dealkylation sites (tertiary alicyclic amines) is 1. The molecule has 4 aromatic rings. The van der Waals surface area contributed by atoms with E-state index in [2.05, 4.69) is 32.2 Å². The van der Waals surface area contributed by atoms with Gasteiger partial charge in [-0.15, -0.1) is 0 Å². The second-order valence-electron chi connectivity index (χ2n) is 9.17. The molecule has 0 unspecified atom stereocenters. The Balaban J connectivity index is 1.35. The molecule has 1 atom stereocenters. The molecule has 0 aliphatic carbocycles. The first-order valence-corrected chi connectivity index (χ1v) is 12.5. The second-order valence-corrected chi connectivity index (χ2v) is 9.17. The molecule has 2 aromatic carbocycles. The number of aryl methyl sites for hydroxylation is 1. The Hall–Kier alpha value is -4.86. The molecule has 1 aliphatic heterocycles. The van der Waals surface area contributed by atoms with Gasteiger partial charge in [0.05, 0.1) is 16.9 Å². The van der Waals surface area contributed by atoms with Crippen molar-refractivity contribution in [3.8, 4) is 5.75 Å². The van der Waals surface area contributed by atoms with Crippen LogP contribution in [0.25, 0.3) is 10.9 Å². The number of hydrogen-bond acceptors (Lipinski definition) is 7. The van der Waals surface area contributed by atoms with Gasteiger partial charge in [0.15, 0.2) is 0 Å². The van der Waals surface area contributed by atoms with Gasteiger partial charge in [-0.05, 0) is 67.8 Å². The molecule has 198 valence electrons. The number of anilines is 3. The van der Waals surface area contributed by atoms with E-state index in [1.165, 1.54) is 29.4 Å². The van der Waals surface area contributed by atoms with Crippen LogP contribution in [-0.4, -0.2) is 44.3 Å². The van der Waals surface area contributed by atoms with Gasteiger partial charge in [0.2, 0.25) is 11.8 Å². The predicted molar refractivity (Wildman–Crippen MR) is 146 cm³/mol. The molecule has 3 heterocycles. The quantitative estimate of drug-likeness (QED) is 0.314. The maximum atomic E-state index is 14.9. The number of aromatic nitrogens is 3. The number of hydrogen-bond donors (Lipinski definition) is 2. The molecule has 0 spiro atoms. The van der Waals surface area contributed by atoms with E-state index >= 15 is 0 Å². The van der Waals surface area contributed by atoms with Gasteiger partial charge in [0.1, 0.15) is 36.4 Å². The standard InChI is InChI=1S/C29H27FN6O3/c1-3-27(37)36-12-6-8-25(36)29(38)35-24-14-21-23(15-22(24)30)32-17-33-28(21)34-19-9-10-26(18(2)13-19)39-16-20-7-4-5-11-31-20/h3-5,7,9-11,13-15,17,25H,1,6,8,12,16H2,2H3,(H,35,38)(H,32,33,34)/t25-/m0/s1. The molecule has 10 heteroatoms. The third kappa shape index (κ3) is 5.69. The average molecular weight is 527 g/mol. The molecular weight excluding hydrogens is 499 g/mol. The number of pyridine rings is 1. The van der Waals surface area contributed by atoms with Crippen molar-refractivity contribution >= 4 is 39.9 Å². The molecule has 39 heavy (non-hydrogen) atoms. The third-order valence-electron chi connectivity index (χ3n) is 6.53. The van der Waals surface area contributed by atoms with Crippen LogP contribution in [0.1, 0.15) is 24.1 Å². The van der Waals surface area contributed by atoms with Crippen LogP contribution in [0.3, 0.4) is 0 Å². The first kappa shape index (κ1) is 25.8. The summed E-state index contributed by atoms with van der Waals surface area (Å²) in [5, 5.41) is 6.42. The Kier molecular flexibility index (Phi) is 7.44. The van der Waals surface area contributed by atoms with Gasteiger partial charge in [0.25, 0.3) is 0 Å². The highest BCUT2D eigenvalue weighted by Crippen LogP contribution is 2.30. The van der Waals surface area contributed by atoms with Crippen LogP contribution in [0.15, 0.2) is 73.7 Å². The number of carbonyl (C=O) groups excluding carboxylic acids is 2. The molecule has 5 rings (SSSR count). The van der Waals surface area contributed by atoms with E-state index in [0.29, 0.717) is 42.7 Å². The normalized spacial score (nSPS) is 14.7. The zero-order chi connectivity index (χ0) is 27.4. The highest BCUT2D eigenvalue weighted by Gasteiger charge is 2.33. The number of ether oxygens (including phenoxy) is 1. The lowest BCUT2D eigenvalue weighted by atomic mass is 10.1. The summed E-state index contributed by atoms with van der Waals surface area (Å²) >= 11 is 0.